The molecule has 16 heavy (non-hydrogen) atoms. The SMILES string of the molecule is NCC(O)(c1cc(Cl)ccc1Cl)C(F)(F)F. The van der Waals surface area contributed by atoms with Crippen LogP contribution in [0.5, 0.6) is 0 Å². The third kappa shape index (κ3) is 2.27. The molecule has 1 atom stereocenters. The molecule has 3 N–H and O–H groups in total. The van der Waals surface area contributed by atoms with Gasteiger partial charge in [0.25, 0.3) is 0 Å². The summed E-state index contributed by atoms with van der Waals surface area (Å²) < 4.78 is 38.0. The Kier molecular flexibility index (Phi) is 3.74. The quantitative estimate of drug-likeness (QED) is 0.871. The fourth-order valence-electron chi connectivity index (χ4n) is 1.19. The number of hydrogen-bond donors (Lipinski definition) is 2. The average molecular weight is 274 g/mol. The van der Waals surface area contributed by atoms with E-state index in [0.29, 0.717) is 0 Å². The second-order valence-electron chi connectivity index (χ2n) is 3.19. The molecule has 0 amide bonds. The Balaban J connectivity index is 3.39. The van der Waals surface area contributed by atoms with Crippen LogP contribution in [0, 0.1) is 0 Å². The molecule has 0 fully saturated rings. The zero-order chi connectivity index (χ0) is 12.6. The number of rotatable bonds is 2. The van der Waals surface area contributed by atoms with Crippen molar-refractivity contribution in [2.45, 2.75) is 11.8 Å². The van der Waals surface area contributed by atoms with Crippen LogP contribution in [0.3, 0.4) is 0 Å². The first-order chi connectivity index (χ1) is 7.22. The Morgan fingerprint density at radius 2 is 1.81 bits per heavy atom. The molecule has 90 valence electrons. The summed E-state index contributed by atoms with van der Waals surface area (Å²) in [6, 6.07) is 3.44. The van der Waals surface area contributed by atoms with Crippen molar-refractivity contribution >= 4 is 23.2 Å². The highest BCUT2D eigenvalue weighted by atomic mass is 35.5. The summed E-state index contributed by atoms with van der Waals surface area (Å²) in [5, 5.41) is 9.34. The van der Waals surface area contributed by atoms with Crippen molar-refractivity contribution in [2.75, 3.05) is 6.54 Å². The van der Waals surface area contributed by atoms with Crippen molar-refractivity contribution in [3.8, 4) is 0 Å². The lowest BCUT2D eigenvalue weighted by molar-refractivity contribution is -0.262. The van der Waals surface area contributed by atoms with Gasteiger partial charge in [-0.2, -0.15) is 13.2 Å². The molecule has 7 heteroatoms. The Labute approximate surface area is 99.8 Å². The highest BCUT2D eigenvalue weighted by Gasteiger charge is 2.55. The minimum absolute atomic E-state index is 0.0375. The predicted octanol–water partition coefficient (Wildman–Crippen LogP) is 2.70. The highest BCUT2D eigenvalue weighted by molar-refractivity contribution is 6.33. The van der Waals surface area contributed by atoms with Crippen LogP contribution in [0.15, 0.2) is 18.2 Å². The van der Waals surface area contributed by atoms with Crippen LogP contribution < -0.4 is 5.73 Å². The van der Waals surface area contributed by atoms with E-state index in [-0.39, 0.29) is 10.0 Å². The van der Waals surface area contributed by atoms with Gasteiger partial charge in [-0.15, -0.1) is 0 Å². The highest BCUT2D eigenvalue weighted by Crippen LogP contribution is 2.41. The van der Waals surface area contributed by atoms with Crippen molar-refractivity contribution in [3.05, 3.63) is 33.8 Å². The first-order valence-electron chi connectivity index (χ1n) is 4.17. The van der Waals surface area contributed by atoms with Gasteiger partial charge in [-0.25, -0.2) is 0 Å². The van der Waals surface area contributed by atoms with Crippen molar-refractivity contribution in [1.82, 2.24) is 0 Å². The van der Waals surface area contributed by atoms with E-state index >= 15 is 0 Å². The van der Waals surface area contributed by atoms with E-state index in [0.717, 1.165) is 6.07 Å². The number of aliphatic hydroxyl groups is 1. The normalized spacial score (nSPS) is 15.9. The van der Waals surface area contributed by atoms with Gasteiger partial charge in [-0.1, -0.05) is 23.2 Å². The molecule has 0 aliphatic heterocycles. The molecule has 0 aliphatic rings. The van der Waals surface area contributed by atoms with Gasteiger partial charge in [-0.05, 0) is 18.2 Å². The third-order valence-corrected chi connectivity index (χ3v) is 2.70. The first kappa shape index (κ1) is 13.6. The van der Waals surface area contributed by atoms with Crippen molar-refractivity contribution in [3.63, 3.8) is 0 Å². The van der Waals surface area contributed by atoms with Crippen LogP contribution in [0.4, 0.5) is 13.2 Å². The molecule has 2 nitrogen and oxygen atoms in total. The molecule has 1 aromatic carbocycles. The molecule has 0 aliphatic carbocycles. The molecule has 1 aromatic rings. The monoisotopic (exact) mass is 273 g/mol. The minimum Gasteiger partial charge on any atom is -0.375 e. The molecule has 0 bridgehead atoms. The summed E-state index contributed by atoms with van der Waals surface area (Å²) >= 11 is 11.1. The summed E-state index contributed by atoms with van der Waals surface area (Å²) in [4.78, 5) is 0. The molecule has 0 radical (unpaired) electrons. The summed E-state index contributed by atoms with van der Waals surface area (Å²) in [5.41, 5.74) is 1.24. The molecular weight excluding hydrogens is 266 g/mol. The van der Waals surface area contributed by atoms with Crippen LogP contribution >= 0.6 is 23.2 Å². The second-order valence-corrected chi connectivity index (χ2v) is 4.03. The molecule has 0 saturated carbocycles. The van der Waals surface area contributed by atoms with Gasteiger partial charge in [0.15, 0.2) is 5.60 Å². The molecule has 0 spiro atoms. The van der Waals surface area contributed by atoms with Gasteiger partial charge < -0.3 is 10.8 Å². The van der Waals surface area contributed by atoms with Gasteiger partial charge in [0.2, 0.25) is 0 Å². The van der Waals surface area contributed by atoms with E-state index in [1.807, 2.05) is 0 Å². The average Bonchev–Trinajstić information content (AvgIpc) is 2.19. The molecule has 1 unspecified atom stereocenters. The Morgan fingerprint density at radius 3 is 2.25 bits per heavy atom. The van der Waals surface area contributed by atoms with Crippen LogP contribution in [0.1, 0.15) is 5.56 Å². The lowest BCUT2D eigenvalue weighted by Crippen LogP contribution is -2.48. The van der Waals surface area contributed by atoms with Crippen LogP contribution in [-0.4, -0.2) is 17.8 Å². The zero-order valence-corrected chi connectivity index (χ0v) is 9.37. The van der Waals surface area contributed by atoms with Crippen LogP contribution in [0.25, 0.3) is 0 Å². The van der Waals surface area contributed by atoms with Crippen LogP contribution in [-0.2, 0) is 5.60 Å². The van der Waals surface area contributed by atoms with Crippen molar-refractivity contribution in [1.29, 1.82) is 0 Å². The maximum atomic E-state index is 12.7. The standard InChI is InChI=1S/C9H8Cl2F3NO/c10-5-1-2-7(11)6(3-5)8(16,4-15)9(12,13)14/h1-3,16H,4,15H2. The predicted molar refractivity (Wildman–Crippen MR) is 55.5 cm³/mol. The summed E-state index contributed by atoms with van der Waals surface area (Å²) in [6.07, 6.45) is -4.92. The number of alkyl halides is 3. The maximum absolute atomic E-state index is 12.7. The summed E-state index contributed by atoms with van der Waals surface area (Å²) in [7, 11) is 0. The van der Waals surface area contributed by atoms with Gasteiger partial charge in [0, 0.05) is 22.2 Å². The van der Waals surface area contributed by atoms with E-state index < -0.39 is 23.9 Å². The summed E-state index contributed by atoms with van der Waals surface area (Å²) in [6.45, 7) is -1.03. The molecule has 0 aromatic heterocycles. The number of nitrogens with two attached hydrogens (primary N) is 1. The van der Waals surface area contributed by atoms with Gasteiger partial charge in [-0.3, -0.25) is 0 Å². The lowest BCUT2D eigenvalue weighted by Gasteiger charge is -2.30. The first-order valence-corrected chi connectivity index (χ1v) is 4.92. The Bertz CT molecular complexity index is 397. The maximum Gasteiger partial charge on any atom is 0.422 e. The largest absolute Gasteiger partial charge is 0.422 e. The van der Waals surface area contributed by atoms with Gasteiger partial charge in [0.05, 0.1) is 0 Å². The van der Waals surface area contributed by atoms with Crippen LogP contribution in [0.2, 0.25) is 10.0 Å². The third-order valence-electron chi connectivity index (χ3n) is 2.14. The zero-order valence-electron chi connectivity index (χ0n) is 7.85. The molecule has 1 rings (SSSR count). The summed E-state index contributed by atoms with van der Waals surface area (Å²) in [5.74, 6) is 0. The minimum atomic E-state index is -4.92. The van der Waals surface area contributed by atoms with E-state index in [1.54, 1.807) is 0 Å². The van der Waals surface area contributed by atoms with Gasteiger partial charge in [0.1, 0.15) is 0 Å². The van der Waals surface area contributed by atoms with E-state index in [2.05, 4.69) is 0 Å². The molecular formula is C9H8Cl2F3NO. The van der Waals surface area contributed by atoms with Crippen molar-refractivity contribution < 1.29 is 18.3 Å². The van der Waals surface area contributed by atoms with Gasteiger partial charge >= 0.3 is 6.18 Å². The fourth-order valence-corrected chi connectivity index (χ4v) is 1.64. The molecule has 0 saturated heterocycles. The number of halogens is 5. The van der Waals surface area contributed by atoms with E-state index in [1.165, 1.54) is 12.1 Å². The fraction of sp³-hybridized carbons (Fsp3) is 0.333. The number of benzene rings is 1. The topological polar surface area (TPSA) is 46.2 Å². The van der Waals surface area contributed by atoms with E-state index in [4.69, 9.17) is 28.9 Å². The second kappa shape index (κ2) is 4.41. The van der Waals surface area contributed by atoms with Crippen molar-refractivity contribution in [2.24, 2.45) is 5.73 Å². The smallest absolute Gasteiger partial charge is 0.375 e. The Hall–Kier alpha value is -0.490. The lowest BCUT2D eigenvalue weighted by atomic mass is 9.93. The van der Waals surface area contributed by atoms with E-state index in [9.17, 15) is 18.3 Å². The number of hydrogen-bond acceptors (Lipinski definition) is 2. The molecule has 0 heterocycles. The Morgan fingerprint density at radius 1 is 1.25 bits per heavy atom.